The molecule has 0 aliphatic rings. The molecule has 0 saturated heterocycles. The van der Waals surface area contributed by atoms with E-state index in [2.05, 4.69) is 181 Å². The van der Waals surface area contributed by atoms with Crippen LogP contribution in [-0.2, 0) is 0 Å². The van der Waals surface area contributed by atoms with Crippen molar-refractivity contribution in [3.05, 3.63) is 176 Å². The summed E-state index contributed by atoms with van der Waals surface area (Å²) in [6.07, 6.45) is 0. The monoisotopic (exact) mass is 603 g/mol. The van der Waals surface area contributed by atoms with Crippen LogP contribution in [0.3, 0.4) is 0 Å². The Labute approximate surface area is 272 Å². The van der Waals surface area contributed by atoms with Crippen molar-refractivity contribution in [2.75, 3.05) is 4.90 Å². The first-order valence-corrected chi connectivity index (χ1v) is 16.5. The number of benzene rings is 8. The highest BCUT2D eigenvalue weighted by Crippen LogP contribution is 2.49. The molecule has 0 atom stereocenters. The third-order valence-electron chi connectivity index (χ3n) is 9.03. The topological polar surface area (TPSA) is 3.24 Å². The molecule has 0 N–H and O–H groups in total. The van der Waals surface area contributed by atoms with Crippen LogP contribution in [0.25, 0.3) is 64.0 Å². The van der Waals surface area contributed by atoms with Crippen LogP contribution in [0.15, 0.2) is 176 Å². The molecular formula is C44H29NS. The lowest BCUT2D eigenvalue weighted by Gasteiger charge is -2.27. The normalized spacial score (nSPS) is 11.5. The van der Waals surface area contributed by atoms with Crippen molar-refractivity contribution in [2.45, 2.75) is 0 Å². The summed E-state index contributed by atoms with van der Waals surface area (Å²) in [5.41, 5.74) is 8.40. The summed E-state index contributed by atoms with van der Waals surface area (Å²) in [5.74, 6) is 0. The average molecular weight is 604 g/mol. The van der Waals surface area contributed by atoms with E-state index in [4.69, 9.17) is 0 Å². The first kappa shape index (κ1) is 26.7. The van der Waals surface area contributed by atoms with E-state index in [9.17, 15) is 0 Å². The molecular weight excluding hydrogens is 575 g/mol. The van der Waals surface area contributed by atoms with Gasteiger partial charge in [0.2, 0.25) is 0 Å². The van der Waals surface area contributed by atoms with Gasteiger partial charge in [0.25, 0.3) is 0 Å². The molecule has 2 heteroatoms. The zero-order valence-corrected chi connectivity index (χ0v) is 25.9. The molecule has 9 aromatic rings. The number of fused-ring (bicyclic) bond motifs is 6. The standard InChI is InChI=1S/C44H29NS/c1-3-14-30(15-4-1)32-18-11-21-34(28-32)45(33-19-5-2-6-20-33)41-26-13-27-42-43(41)40-29-39(37-23-9-10-24-38(37)44(40)46-42)36-25-12-17-31-16-7-8-22-35(31)36/h1-29H. The van der Waals surface area contributed by atoms with E-state index in [0.717, 1.165) is 11.4 Å². The largest absolute Gasteiger partial charge is 0.310 e. The molecule has 0 aliphatic heterocycles. The second kappa shape index (κ2) is 11.0. The second-order valence-corrected chi connectivity index (χ2v) is 12.8. The van der Waals surface area contributed by atoms with Gasteiger partial charge in [-0.2, -0.15) is 0 Å². The molecule has 9 rings (SSSR count). The molecule has 0 amide bonds. The van der Waals surface area contributed by atoms with Gasteiger partial charge in [-0.15, -0.1) is 11.3 Å². The van der Waals surface area contributed by atoms with E-state index in [1.807, 2.05) is 11.3 Å². The maximum Gasteiger partial charge on any atom is 0.0554 e. The van der Waals surface area contributed by atoms with Gasteiger partial charge in [-0.25, -0.2) is 0 Å². The Hall–Kier alpha value is -5.70. The quantitative estimate of drug-likeness (QED) is 0.189. The van der Waals surface area contributed by atoms with Crippen molar-refractivity contribution in [1.29, 1.82) is 0 Å². The van der Waals surface area contributed by atoms with E-state index in [1.54, 1.807) is 0 Å². The summed E-state index contributed by atoms with van der Waals surface area (Å²) in [6.45, 7) is 0. The molecule has 0 spiro atoms. The molecule has 46 heavy (non-hydrogen) atoms. The smallest absolute Gasteiger partial charge is 0.0554 e. The summed E-state index contributed by atoms with van der Waals surface area (Å²) < 4.78 is 2.61. The highest BCUT2D eigenvalue weighted by molar-refractivity contribution is 7.26. The minimum Gasteiger partial charge on any atom is -0.310 e. The van der Waals surface area contributed by atoms with Crippen LogP contribution >= 0.6 is 11.3 Å². The average Bonchev–Trinajstić information content (AvgIpc) is 3.52. The Balaban J connectivity index is 1.35. The van der Waals surface area contributed by atoms with Crippen LogP contribution in [0, 0.1) is 0 Å². The van der Waals surface area contributed by atoms with Gasteiger partial charge in [-0.1, -0.05) is 133 Å². The van der Waals surface area contributed by atoms with Crippen LogP contribution in [0.1, 0.15) is 0 Å². The van der Waals surface area contributed by atoms with Crippen LogP contribution in [0.5, 0.6) is 0 Å². The summed E-state index contributed by atoms with van der Waals surface area (Å²) in [7, 11) is 0. The Kier molecular flexibility index (Phi) is 6.40. The molecule has 216 valence electrons. The van der Waals surface area contributed by atoms with Crippen molar-refractivity contribution < 1.29 is 0 Å². The van der Waals surface area contributed by atoms with Gasteiger partial charge in [0.1, 0.15) is 0 Å². The Morgan fingerprint density at radius 3 is 1.87 bits per heavy atom. The highest BCUT2D eigenvalue weighted by Gasteiger charge is 2.21. The summed E-state index contributed by atoms with van der Waals surface area (Å²) >= 11 is 1.89. The minimum absolute atomic E-state index is 1.13. The zero-order chi connectivity index (χ0) is 30.5. The number of para-hydroxylation sites is 1. The highest BCUT2D eigenvalue weighted by atomic mass is 32.1. The number of thiophene rings is 1. The Morgan fingerprint density at radius 1 is 0.391 bits per heavy atom. The van der Waals surface area contributed by atoms with Gasteiger partial charge >= 0.3 is 0 Å². The number of anilines is 3. The molecule has 1 aromatic heterocycles. The van der Waals surface area contributed by atoms with Crippen LogP contribution in [0.2, 0.25) is 0 Å². The Morgan fingerprint density at radius 2 is 1.02 bits per heavy atom. The number of hydrogen-bond acceptors (Lipinski definition) is 2. The summed E-state index contributed by atoms with van der Waals surface area (Å²) in [5, 5.41) is 7.69. The van der Waals surface area contributed by atoms with E-state index >= 15 is 0 Å². The third-order valence-corrected chi connectivity index (χ3v) is 10.2. The van der Waals surface area contributed by atoms with Crippen molar-refractivity contribution in [2.24, 2.45) is 0 Å². The van der Waals surface area contributed by atoms with Crippen molar-refractivity contribution >= 4 is 70.1 Å². The SMILES string of the molecule is c1ccc(-c2cccc(N(c3ccccc3)c3cccc4sc5c6ccccc6c(-c6cccc7ccccc67)cc5c34)c2)cc1. The van der Waals surface area contributed by atoms with Crippen LogP contribution < -0.4 is 4.90 Å². The van der Waals surface area contributed by atoms with Gasteiger partial charge in [-0.05, 0) is 80.9 Å². The van der Waals surface area contributed by atoms with Crippen LogP contribution in [0.4, 0.5) is 17.1 Å². The zero-order valence-electron chi connectivity index (χ0n) is 25.1. The first-order chi connectivity index (χ1) is 22.8. The van der Waals surface area contributed by atoms with E-state index < -0.39 is 0 Å². The molecule has 0 unspecified atom stereocenters. The van der Waals surface area contributed by atoms with Gasteiger partial charge in [0, 0.05) is 36.9 Å². The molecule has 1 heterocycles. The number of rotatable bonds is 5. The van der Waals surface area contributed by atoms with Crippen molar-refractivity contribution in [3.63, 3.8) is 0 Å². The molecule has 0 saturated carbocycles. The van der Waals surface area contributed by atoms with Gasteiger partial charge in [0.15, 0.2) is 0 Å². The molecule has 0 fully saturated rings. The first-order valence-electron chi connectivity index (χ1n) is 15.7. The minimum atomic E-state index is 1.13. The maximum atomic E-state index is 2.45. The molecule has 0 bridgehead atoms. The lowest BCUT2D eigenvalue weighted by atomic mass is 9.92. The number of hydrogen-bond donors (Lipinski definition) is 0. The van der Waals surface area contributed by atoms with Gasteiger partial charge in [0.05, 0.1) is 5.69 Å². The predicted molar refractivity (Wildman–Crippen MR) is 200 cm³/mol. The molecule has 0 aliphatic carbocycles. The lowest BCUT2D eigenvalue weighted by Crippen LogP contribution is -2.10. The van der Waals surface area contributed by atoms with E-state index in [1.165, 1.54) is 69.7 Å². The van der Waals surface area contributed by atoms with Gasteiger partial charge < -0.3 is 4.90 Å². The van der Waals surface area contributed by atoms with Crippen molar-refractivity contribution in [3.8, 4) is 22.3 Å². The lowest BCUT2D eigenvalue weighted by molar-refractivity contribution is 1.30. The third kappa shape index (κ3) is 4.38. The predicted octanol–water partition coefficient (Wildman–Crippen LogP) is 13.2. The maximum absolute atomic E-state index is 2.45. The molecule has 0 radical (unpaired) electrons. The van der Waals surface area contributed by atoms with E-state index in [-0.39, 0.29) is 0 Å². The van der Waals surface area contributed by atoms with Crippen LogP contribution in [-0.4, -0.2) is 0 Å². The summed E-state index contributed by atoms with van der Waals surface area (Å²) in [6, 6.07) is 63.8. The fraction of sp³-hybridized carbons (Fsp3) is 0. The Bertz CT molecular complexity index is 2520. The summed E-state index contributed by atoms with van der Waals surface area (Å²) in [4.78, 5) is 2.42. The number of nitrogens with zero attached hydrogens (tertiary/aromatic N) is 1. The van der Waals surface area contributed by atoms with Gasteiger partial charge in [-0.3, -0.25) is 0 Å². The van der Waals surface area contributed by atoms with E-state index in [0.29, 0.717) is 0 Å². The second-order valence-electron chi connectivity index (χ2n) is 11.7. The fourth-order valence-electron chi connectivity index (χ4n) is 6.96. The molecule has 1 nitrogen and oxygen atoms in total. The fourth-order valence-corrected chi connectivity index (χ4v) is 8.20. The van der Waals surface area contributed by atoms with Crippen molar-refractivity contribution in [1.82, 2.24) is 0 Å². The molecule has 8 aromatic carbocycles.